The van der Waals surface area contributed by atoms with Crippen molar-refractivity contribution < 1.29 is 24.5 Å². The SMILES string of the molecule is O=C(O)CCCC=CCN1C(=O)CCC[C@@H]1C=CC(O)COc1ccccc1. The summed E-state index contributed by atoms with van der Waals surface area (Å²) in [4.78, 5) is 24.6. The lowest BCUT2D eigenvalue weighted by Gasteiger charge is -2.33. The number of rotatable bonds is 11. The van der Waals surface area contributed by atoms with E-state index >= 15 is 0 Å². The Morgan fingerprint density at radius 1 is 1.29 bits per heavy atom. The molecule has 6 nitrogen and oxygen atoms in total. The summed E-state index contributed by atoms with van der Waals surface area (Å²) in [6, 6.07) is 9.27. The lowest BCUT2D eigenvalue weighted by atomic mass is 10.0. The number of carboxylic acids is 1. The van der Waals surface area contributed by atoms with Gasteiger partial charge in [0.25, 0.3) is 0 Å². The van der Waals surface area contributed by atoms with Gasteiger partial charge >= 0.3 is 5.97 Å². The molecule has 1 fully saturated rings. The fourth-order valence-electron chi connectivity index (χ4n) is 3.07. The van der Waals surface area contributed by atoms with Crippen LogP contribution in [0.5, 0.6) is 5.75 Å². The van der Waals surface area contributed by atoms with Crippen LogP contribution in [0.4, 0.5) is 0 Å². The molecule has 1 heterocycles. The molecule has 0 saturated carbocycles. The number of likely N-dealkylation sites (tertiary alicyclic amines) is 1. The smallest absolute Gasteiger partial charge is 0.303 e. The van der Waals surface area contributed by atoms with Crippen molar-refractivity contribution in [2.45, 2.75) is 50.7 Å². The number of allylic oxidation sites excluding steroid dienone is 1. The maximum atomic E-state index is 12.3. The molecule has 2 rings (SSSR count). The maximum absolute atomic E-state index is 12.3. The zero-order valence-electron chi connectivity index (χ0n) is 16.1. The molecule has 152 valence electrons. The molecule has 0 aliphatic carbocycles. The van der Waals surface area contributed by atoms with Crippen LogP contribution in [0.3, 0.4) is 0 Å². The summed E-state index contributed by atoms with van der Waals surface area (Å²) in [5, 5.41) is 18.8. The first-order chi connectivity index (χ1) is 13.6. The van der Waals surface area contributed by atoms with E-state index in [1.54, 1.807) is 11.0 Å². The molecule has 1 aromatic rings. The number of nitrogens with zero attached hydrogens (tertiary/aromatic N) is 1. The van der Waals surface area contributed by atoms with Gasteiger partial charge in [-0.05, 0) is 37.8 Å². The van der Waals surface area contributed by atoms with Gasteiger partial charge in [0.15, 0.2) is 0 Å². The van der Waals surface area contributed by atoms with E-state index in [2.05, 4.69) is 0 Å². The Labute approximate surface area is 166 Å². The number of carbonyl (C=O) groups excluding carboxylic acids is 1. The third kappa shape index (κ3) is 7.96. The maximum Gasteiger partial charge on any atom is 0.303 e. The fraction of sp³-hybridized carbons (Fsp3) is 0.455. The number of unbranched alkanes of at least 4 members (excludes halogenated alkanes) is 1. The van der Waals surface area contributed by atoms with Crippen LogP contribution in [0.2, 0.25) is 0 Å². The molecule has 1 aliphatic heterocycles. The topological polar surface area (TPSA) is 87.1 Å². The molecule has 0 bridgehead atoms. The van der Waals surface area contributed by atoms with Crippen molar-refractivity contribution in [3.8, 4) is 5.75 Å². The van der Waals surface area contributed by atoms with E-state index in [-0.39, 0.29) is 25.0 Å². The Bertz CT molecular complexity index is 671. The molecule has 1 saturated heterocycles. The summed E-state index contributed by atoms with van der Waals surface area (Å²) in [7, 11) is 0. The van der Waals surface area contributed by atoms with E-state index in [9.17, 15) is 14.7 Å². The number of amides is 1. The van der Waals surface area contributed by atoms with Gasteiger partial charge in [-0.1, -0.05) is 42.5 Å². The van der Waals surface area contributed by atoms with Gasteiger partial charge in [0.2, 0.25) is 5.91 Å². The van der Waals surface area contributed by atoms with Crippen LogP contribution in [-0.2, 0) is 9.59 Å². The van der Waals surface area contributed by atoms with E-state index < -0.39 is 12.1 Å². The van der Waals surface area contributed by atoms with Crippen LogP contribution in [0.1, 0.15) is 38.5 Å². The molecule has 0 radical (unpaired) electrons. The van der Waals surface area contributed by atoms with Crippen molar-refractivity contribution >= 4 is 11.9 Å². The summed E-state index contributed by atoms with van der Waals surface area (Å²) in [5.74, 6) is 0.0168. The zero-order valence-corrected chi connectivity index (χ0v) is 16.1. The predicted molar refractivity (Wildman–Crippen MR) is 107 cm³/mol. The normalized spacial score (nSPS) is 18.7. The van der Waals surface area contributed by atoms with E-state index in [0.29, 0.717) is 31.6 Å². The van der Waals surface area contributed by atoms with Gasteiger partial charge in [-0.3, -0.25) is 9.59 Å². The minimum Gasteiger partial charge on any atom is -0.491 e. The van der Waals surface area contributed by atoms with E-state index in [1.165, 1.54) is 0 Å². The number of ether oxygens (including phenoxy) is 1. The molecule has 28 heavy (non-hydrogen) atoms. The number of carboxylic acid groups (broad SMARTS) is 1. The standard InChI is InChI=1S/C22H29NO5/c24-19(17-28-20-10-4-3-5-11-20)15-14-18-9-8-12-21(25)23(18)16-7-2-1-6-13-22(26)27/h2-5,7,10-11,14-15,18-19,24H,1,6,8-9,12-13,16-17H2,(H,26,27)/t18-,19?/m1/s1. The number of hydrogen-bond donors (Lipinski definition) is 2. The van der Waals surface area contributed by atoms with Gasteiger partial charge in [0, 0.05) is 19.4 Å². The summed E-state index contributed by atoms with van der Waals surface area (Å²) < 4.78 is 5.54. The highest BCUT2D eigenvalue weighted by Crippen LogP contribution is 2.19. The third-order valence-corrected chi connectivity index (χ3v) is 4.56. The molecular formula is C22H29NO5. The Morgan fingerprint density at radius 2 is 2.07 bits per heavy atom. The molecule has 6 heteroatoms. The molecular weight excluding hydrogens is 358 g/mol. The molecule has 2 atom stereocenters. The highest BCUT2D eigenvalue weighted by Gasteiger charge is 2.25. The quantitative estimate of drug-likeness (QED) is 0.450. The number of carbonyl (C=O) groups is 2. The third-order valence-electron chi connectivity index (χ3n) is 4.56. The number of piperidine rings is 1. The number of aliphatic hydroxyl groups excluding tert-OH is 1. The number of benzene rings is 1. The van der Waals surface area contributed by atoms with Gasteiger partial charge in [-0.2, -0.15) is 0 Å². The van der Waals surface area contributed by atoms with Crippen molar-refractivity contribution in [1.29, 1.82) is 0 Å². The average molecular weight is 387 g/mol. The van der Waals surface area contributed by atoms with Crippen molar-refractivity contribution in [3.63, 3.8) is 0 Å². The second-order valence-corrected chi connectivity index (χ2v) is 6.84. The van der Waals surface area contributed by atoms with Crippen LogP contribution in [-0.4, -0.2) is 52.3 Å². The van der Waals surface area contributed by atoms with Crippen molar-refractivity contribution in [3.05, 3.63) is 54.6 Å². The molecule has 1 aliphatic rings. The molecule has 1 unspecified atom stereocenters. The van der Waals surface area contributed by atoms with Crippen LogP contribution in [0.25, 0.3) is 0 Å². The van der Waals surface area contributed by atoms with Gasteiger partial charge in [-0.25, -0.2) is 0 Å². The number of aliphatic carboxylic acids is 1. The van der Waals surface area contributed by atoms with E-state index in [1.807, 2.05) is 48.6 Å². The minimum atomic E-state index is -0.792. The molecule has 2 N–H and O–H groups in total. The fourth-order valence-corrected chi connectivity index (χ4v) is 3.07. The van der Waals surface area contributed by atoms with Gasteiger partial charge in [-0.15, -0.1) is 0 Å². The summed E-state index contributed by atoms with van der Waals surface area (Å²) >= 11 is 0. The van der Waals surface area contributed by atoms with Crippen molar-refractivity contribution in [2.75, 3.05) is 13.2 Å². The molecule has 0 aromatic heterocycles. The van der Waals surface area contributed by atoms with Crippen molar-refractivity contribution in [1.82, 2.24) is 4.90 Å². The highest BCUT2D eigenvalue weighted by molar-refractivity contribution is 5.77. The predicted octanol–water partition coefficient (Wildman–Crippen LogP) is 3.17. The number of hydrogen-bond acceptors (Lipinski definition) is 4. The second kappa shape index (κ2) is 12.0. The molecule has 1 aromatic carbocycles. The monoisotopic (exact) mass is 387 g/mol. The van der Waals surface area contributed by atoms with E-state index in [4.69, 9.17) is 9.84 Å². The Hall–Kier alpha value is -2.60. The van der Waals surface area contributed by atoms with Crippen LogP contribution in [0, 0.1) is 0 Å². The lowest BCUT2D eigenvalue weighted by Crippen LogP contribution is -2.42. The molecule has 0 spiro atoms. The Balaban J connectivity index is 1.81. The van der Waals surface area contributed by atoms with E-state index in [0.717, 1.165) is 12.8 Å². The largest absolute Gasteiger partial charge is 0.491 e. The summed E-state index contributed by atoms with van der Waals surface area (Å²) in [5.41, 5.74) is 0. The van der Waals surface area contributed by atoms with Gasteiger partial charge in [0.05, 0.1) is 6.04 Å². The first-order valence-corrected chi connectivity index (χ1v) is 9.77. The first kappa shape index (κ1) is 21.7. The highest BCUT2D eigenvalue weighted by atomic mass is 16.5. The number of para-hydroxylation sites is 1. The van der Waals surface area contributed by atoms with Gasteiger partial charge < -0.3 is 19.8 Å². The second-order valence-electron chi connectivity index (χ2n) is 6.84. The van der Waals surface area contributed by atoms with Gasteiger partial charge in [0.1, 0.15) is 18.5 Å². The number of aliphatic hydroxyl groups is 1. The first-order valence-electron chi connectivity index (χ1n) is 9.77. The van der Waals surface area contributed by atoms with Crippen LogP contribution >= 0.6 is 0 Å². The van der Waals surface area contributed by atoms with Crippen LogP contribution < -0.4 is 4.74 Å². The molecule has 1 amide bonds. The minimum absolute atomic E-state index is 0.0451. The van der Waals surface area contributed by atoms with Crippen molar-refractivity contribution in [2.24, 2.45) is 0 Å². The van der Waals surface area contributed by atoms with Crippen LogP contribution in [0.15, 0.2) is 54.6 Å². The average Bonchev–Trinajstić information content (AvgIpc) is 2.69. The Kier molecular flexibility index (Phi) is 9.28. The lowest BCUT2D eigenvalue weighted by molar-refractivity contribution is -0.137. The summed E-state index contributed by atoms with van der Waals surface area (Å²) in [6.07, 6.45) is 10.3. The zero-order chi connectivity index (χ0) is 20.2. The summed E-state index contributed by atoms with van der Waals surface area (Å²) in [6.45, 7) is 0.655. The Morgan fingerprint density at radius 3 is 2.82 bits per heavy atom.